The van der Waals surface area contributed by atoms with Gasteiger partial charge in [0.05, 0.1) is 6.54 Å². The summed E-state index contributed by atoms with van der Waals surface area (Å²) in [6.45, 7) is 6.26. The van der Waals surface area contributed by atoms with E-state index in [2.05, 4.69) is 19.2 Å². The third kappa shape index (κ3) is 5.45. The number of rotatable bonds is 8. The van der Waals surface area contributed by atoms with Gasteiger partial charge in [-0.2, -0.15) is 0 Å². The van der Waals surface area contributed by atoms with E-state index in [1.165, 1.54) is 6.92 Å². The Morgan fingerprint density at radius 2 is 1.54 bits per heavy atom. The van der Waals surface area contributed by atoms with E-state index in [9.17, 15) is 9.59 Å². The highest BCUT2D eigenvalue weighted by Crippen LogP contribution is 2.22. The SMILES string of the molecule is CCc1cccc(CC)c1NC(=O)CN(CCc1ccccc1)C(C)=O. The molecule has 0 bridgehead atoms. The molecule has 0 aliphatic carbocycles. The van der Waals surface area contributed by atoms with Gasteiger partial charge in [0.15, 0.2) is 0 Å². The van der Waals surface area contributed by atoms with Gasteiger partial charge in [-0.15, -0.1) is 0 Å². The molecule has 0 aliphatic rings. The second-order valence-corrected chi connectivity index (χ2v) is 6.38. The first-order chi connectivity index (χ1) is 12.5. The van der Waals surface area contributed by atoms with Crippen molar-refractivity contribution in [3.8, 4) is 0 Å². The second kappa shape index (κ2) is 9.76. The van der Waals surface area contributed by atoms with Crippen LogP contribution in [0.25, 0.3) is 0 Å². The van der Waals surface area contributed by atoms with Gasteiger partial charge in [-0.1, -0.05) is 62.4 Å². The number of carbonyl (C=O) groups is 2. The summed E-state index contributed by atoms with van der Waals surface area (Å²) in [5, 5.41) is 3.03. The molecule has 0 radical (unpaired) electrons. The maximum Gasteiger partial charge on any atom is 0.244 e. The predicted octanol–water partition coefficient (Wildman–Crippen LogP) is 3.84. The van der Waals surface area contributed by atoms with Crippen LogP contribution in [0.1, 0.15) is 37.5 Å². The molecule has 4 heteroatoms. The molecule has 2 rings (SSSR count). The Morgan fingerprint density at radius 1 is 0.923 bits per heavy atom. The lowest BCUT2D eigenvalue weighted by atomic mass is 10.0. The first kappa shape index (κ1) is 19.7. The largest absolute Gasteiger partial charge is 0.333 e. The summed E-state index contributed by atoms with van der Waals surface area (Å²) in [5.74, 6) is -0.237. The van der Waals surface area contributed by atoms with Crippen molar-refractivity contribution in [3.05, 3.63) is 65.2 Å². The lowest BCUT2D eigenvalue weighted by molar-refractivity contribution is -0.132. The number of para-hydroxylation sites is 1. The number of benzene rings is 2. The maximum atomic E-state index is 12.6. The van der Waals surface area contributed by atoms with Crippen LogP contribution < -0.4 is 5.32 Å². The van der Waals surface area contributed by atoms with E-state index in [0.29, 0.717) is 6.54 Å². The summed E-state index contributed by atoms with van der Waals surface area (Å²) >= 11 is 0. The number of amides is 2. The Balaban J connectivity index is 2.03. The van der Waals surface area contributed by atoms with Crippen molar-refractivity contribution in [2.24, 2.45) is 0 Å². The van der Waals surface area contributed by atoms with Gasteiger partial charge in [0.25, 0.3) is 0 Å². The minimum absolute atomic E-state index is 0.0728. The maximum absolute atomic E-state index is 12.6. The number of nitrogens with one attached hydrogen (secondary N) is 1. The number of hydrogen-bond donors (Lipinski definition) is 1. The van der Waals surface area contributed by atoms with Gasteiger partial charge in [-0.05, 0) is 36.0 Å². The summed E-state index contributed by atoms with van der Waals surface area (Å²) in [5.41, 5.74) is 4.30. The second-order valence-electron chi connectivity index (χ2n) is 6.38. The molecule has 4 nitrogen and oxygen atoms in total. The number of anilines is 1. The van der Waals surface area contributed by atoms with Gasteiger partial charge >= 0.3 is 0 Å². The van der Waals surface area contributed by atoms with Crippen LogP contribution >= 0.6 is 0 Å². The number of hydrogen-bond acceptors (Lipinski definition) is 2. The van der Waals surface area contributed by atoms with Crippen LogP contribution in [-0.2, 0) is 28.9 Å². The van der Waals surface area contributed by atoms with Crippen molar-refractivity contribution in [2.75, 3.05) is 18.4 Å². The third-order valence-electron chi connectivity index (χ3n) is 4.56. The van der Waals surface area contributed by atoms with E-state index in [-0.39, 0.29) is 18.4 Å². The minimum atomic E-state index is -0.149. The number of nitrogens with zero attached hydrogens (tertiary/aromatic N) is 1. The van der Waals surface area contributed by atoms with Crippen LogP contribution in [0.15, 0.2) is 48.5 Å². The van der Waals surface area contributed by atoms with Crippen molar-refractivity contribution < 1.29 is 9.59 Å². The van der Waals surface area contributed by atoms with Crippen molar-refractivity contribution in [2.45, 2.75) is 40.0 Å². The normalized spacial score (nSPS) is 10.4. The van der Waals surface area contributed by atoms with Crippen molar-refractivity contribution in [1.82, 2.24) is 4.90 Å². The summed E-state index contributed by atoms with van der Waals surface area (Å²) in [6.07, 6.45) is 2.45. The Hall–Kier alpha value is -2.62. The van der Waals surface area contributed by atoms with Crippen LogP contribution in [0.3, 0.4) is 0 Å². The average molecular weight is 352 g/mol. The highest BCUT2D eigenvalue weighted by molar-refractivity contribution is 5.95. The van der Waals surface area contributed by atoms with Gasteiger partial charge < -0.3 is 10.2 Å². The molecular weight excluding hydrogens is 324 g/mol. The van der Waals surface area contributed by atoms with E-state index in [4.69, 9.17) is 0 Å². The quantitative estimate of drug-likeness (QED) is 0.785. The lowest BCUT2D eigenvalue weighted by Crippen LogP contribution is -2.38. The van der Waals surface area contributed by atoms with Crippen molar-refractivity contribution in [1.29, 1.82) is 0 Å². The first-order valence-corrected chi connectivity index (χ1v) is 9.25. The average Bonchev–Trinajstić information content (AvgIpc) is 2.65. The molecule has 26 heavy (non-hydrogen) atoms. The minimum Gasteiger partial charge on any atom is -0.333 e. The molecule has 0 saturated heterocycles. The van der Waals surface area contributed by atoms with Crippen LogP contribution in [0.5, 0.6) is 0 Å². The van der Waals surface area contributed by atoms with E-state index in [0.717, 1.165) is 41.6 Å². The predicted molar refractivity (Wildman–Crippen MR) is 106 cm³/mol. The van der Waals surface area contributed by atoms with Gasteiger partial charge in [0.2, 0.25) is 11.8 Å². The summed E-state index contributed by atoms with van der Waals surface area (Å²) in [4.78, 5) is 26.1. The lowest BCUT2D eigenvalue weighted by Gasteiger charge is -2.22. The molecule has 0 saturated carbocycles. The van der Waals surface area contributed by atoms with Crippen molar-refractivity contribution in [3.63, 3.8) is 0 Å². The smallest absolute Gasteiger partial charge is 0.244 e. The zero-order valence-electron chi connectivity index (χ0n) is 15.9. The Kier molecular flexibility index (Phi) is 7.39. The van der Waals surface area contributed by atoms with Crippen LogP contribution in [0, 0.1) is 0 Å². The molecule has 2 amide bonds. The van der Waals surface area contributed by atoms with E-state index in [1.54, 1.807) is 4.90 Å². The Morgan fingerprint density at radius 3 is 2.08 bits per heavy atom. The molecule has 1 N–H and O–H groups in total. The molecule has 0 spiro atoms. The Bertz CT molecular complexity index is 719. The molecule has 0 aromatic heterocycles. The van der Waals surface area contributed by atoms with Crippen LogP contribution in [0.4, 0.5) is 5.69 Å². The van der Waals surface area contributed by atoms with Gasteiger partial charge in [0, 0.05) is 19.2 Å². The van der Waals surface area contributed by atoms with Gasteiger partial charge in [-0.3, -0.25) is 9.59 Å². The number of carbonyl (C=O) groups excluding carboxylic acids is 2. The molecule has 2 aromatic rings. The topological polar surface area (TPSA) is 49.4 Å². The molecule has 2 aromatic carbocycles. The molecule has 0 unspecified atom stereocenters. The molecule has 0 atom stereocenters. The zero-order chi connectivity index (χ0) is 18.9. The van der Waals surface area contributed by atoms with Crippen molar-refractivity contribution >= 4 is 17.5 Å². The fourth-order valence-electron chi connectivity index (χ4n) is 3.01. The first-order valence-electron chi connectivity index (χ1n) is 9.25. The monoisotopic (exact) mass is 352 g/mol. The molecule has 0 fully saturated rings. The van der Waals surface area contributed by atoms with E-state index < -0.39 is 0 Å². The fraction of sp³-hybridized carbons (Fsp3) is 0.364. The standard InChI is InChI=1S/C22H28N2O2/c1-4-19-12-9-13-20(5-2)22(19)23-21(26)16-24(17(3)25)15-14-18-10-7-6-8-11-18/h6-13H,4-5,14-16H2,1-3H3,(H,23,26). The summed E-state index contributed by atoms with van der Waals surface area (Å²) in [6, 6.07) is 16.1. The number of aryl methyl sites for hydroxylation is 2. The van der Waals surface area contributed by atoms with Crippen LogP contribution in [-0.4, -0.2) is 29.8 Å². The molecular formula is C22H28N2O2. The van der Waals surface area contributed by atoms with E-state index in [1.807, 2.05) is 48.5 Å². The molecule has 0 heterocycles. The summed E-state index contributed by atoms with van der Waals surface area (Å²) in [7, 11) is 0. The highest BCUT2D eigenvalue weighted by atomic mass is 16.2. The highest BCUT2D eigenvalue weighted by Gasteiger charge is 2.16. The third-order valence-corrected chi connectivity index (χ3v) is 4.56. The molecule has 0 aliphatic heterocycles. The summed E-state index contributed by atoms with van der Waals surface area (Å²) < 4.78 is 0. The zero-order valence-corrected chi connectivity index (χ0v) is 15.9. The van der Waals surface area contributed by atoms with Gasteiger partial charge in [-0.25, -0.2) is 0 Å². The fourth-order valence-corrected chi connectivity index (χ4v) is 3.01. The Labute approximate surface area is 156 Å². The molecule has 138 valence electrons. The van der Waals surface area contributed by atoms with E-state index >= 15 is 0 Å². The van der Waals surface area contributed by atoms with Gasteiger partial charge in [0.1, 0.15) is 0 Å². The van der Waals surface area contributed by atoms with Crippen LogP contribution in [0.2, 0.25) is 0 Å².